The van der Waals surface area contributed by atoms with Crippen molar-refractivity contribution < 1.29 is 14.7 Å². The lowest BCUT2D eigenvalue weighted by atomic mass is 9.96. The number of amides is 1. The molecule has 3 N–H and O–H groups in total. The van der Waals surface area contributed by atoms with Crippen LogP contribution in [0.3, 0.4) is 0 Å². The lowest BCUT2D eigenvalue weighted by molar-refractivity contribution is -0.137. The van der Waals surface area contributed by atoms with Crippen molar-refractivity contribution in [2.24, 2.45) is 11.7 Å². The highest BCUT2D eigenvalue weighted by Gasteiger charge is 2.05. The van der Waals surface area contributed by atoms with E-state index < -0.39 is 5.97 Å². The second-order valence-corrected chi connectivity index (χ2v) is 6.42. The molecule has 0 bridgehead atoms. The van der Waals surface area contributed by atoms with Gasteiger partial charge in [0.2, 0.25) is 5.91 Å². The molecule has 0 radical (unpaired) electrons. The first-order valence-electron chi connectivity index (χ1n) is 8.55. The van der Waals surface area contributed by atoms with E-state index in [2.05, 4.69) is 31.2 Å². The Morgan fingerprint density at radius 1 is 0.957 bits per heavy atom. The number of carboxylic acids is 1. The fourth-order valence-electron chi connectivity index (χ4n) is 2.67. The normalized spacial score (nSPS) is 12.0. The molecule has 23 heavy (non-hydrogen) atoms. The largest absolute Gasteiger partial charge is 0.481 e. The molecule has 0 heterocycles. The summed E-state index contributed by atoms with van der Waals surface area (Å²) in [5, 5.41) is 8.61. The predicted molar refractivity (Wildman–Crippen MR) is 92.2 cm³/mol. The first-order valence-corrected chi connectivity index (χ1v) is 8.55. The second-order valence-electron chi connectivity index (χ2n) is 6.42. The lowest BCUT2D eigenvalue weighted by Crippen LogP contribution is -2.11. The van der Waals surface area contributed by atoms with E-state index in [0.717, 1.165) is 44.9 Å². The van der Waals surface area contributed by atoms with Crippen molar-refractivity contribution in [3.8, 4) is 0 Å². The number of benzene rings is 1. The van der Waals surface area contributed by atoms with Gasteiger partial charge in [0.05, 0.1) is 0 Å². The van der Waals surface area contributed by atoms with E-state index in [-0.39, 0.29) is 12.3 Å². The van der Waals surface area contributed by atoms with Crippen molar-refractivity contribution in [3.05, 3.63) is 35.4 Å². The molecule has 128 valence electrons. The minimum atomic E-state index is -0.717. The maximum Gasteiger partial charge on any atom is 0.303 e. The van der Waals surface area contributed by atoms with E-state index in [0.29, 0.717) is 12.3 Å². The number of primary amides is 1. The van der Waals surface area contributed by atoms with Crippen LogP contribution in [0.5, 0.6) is 0 Å². The molecule has 0 unspecified atom stereocenters. The van der Waals surface area contributed by atoms with E-state index in [1.54, 1.807) is 0 Å². The average molecular weight is 319 g/mol. The highest BCUT2D eigenvalue weighted by Crippen LogP contribution is 2.16. The molecule has 1 aromatic rings. The number of unbranched alkanes of at least 4 members (excludes halogenated alkanes) is 1. The Hall–Kier alpha value is -1.84. The first kappa shape index (κ1) is 19.2. The van der Waals surface area contributed by atoms with Gasteiger partial charge in [0.1, 0.15) is 0 Å². The van der Waals surface area contributed by atoms with Crippen molar-refractivity contribution >= 4 is 11.9 Å². The fraction of sp³-hybridized carbons (Fsp3) is 0.579. The van der Waals surface area contributed by atoms with Crippen LogP contribution >= 0.6 is 0 Å². The quantitative estimate of drug-likeness (QED) is 0.576. The molecule has 1 rings (SSSR count). The van der Waals surface area contributed by atoms with E-state index >= 15 is 0 Å². The fourth-order valence-corrected chi connectivity index (χ4v) is 2.67. The van der Waals surface area contributed by atoms with Gasteiger partial charge in [-0.3, -0.25) is 9.59 Å². The maximum atomic E-state index is 10.8. The Morgan fingerprint density at radius 2 is 1.52 bits per heavy atom. The molecule has 1 atom stereocenters. The van der Waals surface area contributed by atoms with Crippen LogP contribution in [0.15, 0.2) is 24.3 Å². The molecule has 0 aliphatic heterocycles. The van der Waals surface area contributed by atoms with Crippen LogP contribution < -0.4 is 5.73 Å². The Labute approximate surface area is 139 Å². The number of hydrogen-bond acceptors (Lipinski definition) is 2. The Bertz CT molecular complexity index is 482. The van der Waals surface area contributed by atoms with Crippen LogP contribution in [0.25, 0.3) is 0 Å². The van der Waals surface area contributed by atoms with Crippen LogP contribution in [0.4, 0.5) is 0 Å². The van der Waals surface area contributed by atoms with E-state index in [9.17, 15) is 9.59 Å². The van der Waals surface area contributed by atoms with Crippen molar-refractivity contribution in [2.45, 2.75) is 64.7 Å². The summed E-state index contributed by atoms with van der Waals surface area (Å²) in [6.07, 6.45) is 7.51. The summed E-state index contributed by atoms with van der Waals surface area (Å²) in [6.45, 7) is 2.17. The van der Waals surface area contributed by atoms with E-state index in [1.165, 1.54) is 11.1 Å². The van der Waals surface area contributed by atoms with Crippen LogP contribution in [-0.2, 0) is 22.4 Å². The SMILES string of the molecule is C[C@H](CCCc1ccc(CCCCC(=O)O)cc1)CCC(N)=O. The number of rotatable bonds is 12. The standard InChI is InChI=1S/C19H29NO3/c1-15(9-14-18(20)21)5-4-7-17-12-10-16(11-13-17)6-2-3-8-19(22)23/h10-13,15H,2-9,14H2,1H3,(H2,20,21)(H,22,23)/t15-/m1/s1. The second kappa shape index (κ2) is 10.8. The highest BCUT2D eigenvalue weighted by atomic mass is 16.4. The molecular formula is C19H29NO3. The Kier molecular flexibility index (Phi) is 9.03. The van der Waals surface area contributed by atoms with Gasteiger partial charge in [-0.05, 0) is 55.6 Å². The summed E-state index contributed by atoms with van der Waals surface area (Å²) in [7, 11) is 0. The molecule has 0 saturated carbocycles. The number of carbonyl (C=O) groups excluding carboxylic acids is 1. The zero-order valence-corrected chi connectivity index (χ0v) is 14.1. The zero-order valence-electron chi connectivity index (χ0n) is 14.1. The van der Waals surface area contributed by atoms with Crippen molar-refractivity contribution in [3.63, 3.8) is 0 Å². The summed E-state index contributed by atoms with van der Waals surface area (Å²) in [5.41, 5.74) is 7.77. The van der Waals surface area contributed by atoms with Crippen LogP contribution in [0, 0.1) is 5.92 Å². The van der Waals surface area contributed by atoms with Gasteiger partial charge >= 0.3 is 5.97 Å². The third-order valence-electron chi connectivity index (χ3n) is 4.17. The molecule has 0 aromatic heterocycles. The Morgan fingerprint density at radius 3 is 2.04 bits per heavy atom. The molecule has 0 fully saturated rings. The minimum absolute atomic E-state index is 0.212. The molecule has 4 heteroatoms. The zero-order chi connectivity index (χ0) is 17.1. The third-order valence-corrected chi connectivity index (χ3v) is 4.17. The van der Waals surface area contributed by atoms with Crippen molar-refractivity contribution in [1.29, 1.82) is 0 Å². The summed E-state index contributed by atoms with van der Waals surface area (Å²) >= 11 is 0. The number of hydrogen-bond donors (Lipinski definition) is 2. The van der Waals surface area contributed by atoms with Crippen LogP contribution in [0.2, 0.25) is 0 Å². The molecular weight excluding hydrogens is 290 g/mol. The molecule has 0 aliphatic carbocycles. The smallest absolute Gasteiger partial charge is 0.303 e. The van der Waals surface area contributed by atoms with E-state index in [4.69, 9.17) is 10.8 Å². The van der Waals surface area contributed by atoms with Crippen molar-refractivity contribution in [2.75, 3.05) is 0 Å². The summed E-state index contributed by atoms with van der Waals surface area (Å²) in [6, 6.07) is 8.63. The highest BCUT2D eigenvalue weighted by molar-refractivity contribution is 5.73. The van der Waals surface area contributed by atoms with Gasteiger partial charge in [-0.25, -0.2) is 0 Å². The van der Waals surface area contributed by atoms with Crippen molar-refractivity contribution in [1.82, 2.24) is 0 Å². The Balaban J connectivity index is 2.20. The van der Waals surface area contributed by atoms with Gasteiger partial charge in [0.25, 0.3) is 0 Å². The molecule has 0 spiro atoms. The van der Waals surface area contributed by atoms with Gasteiger partial charge in [0, 0.05) is 12.8 Å². The lowest BCUT2D eigenvalue weighted by Gasteiger charge is -2.10. The van der Waals surface area contributed by atoms with Gasteiger partial charge in [-0.2, -0.15) is 0 Å². The molecule has 0 saturated heterocycles. The van der Waals surface area contributed by atoms with Crippen LogP contribution in [0.1, 0.15) is 63.0 Å². The summed E-state index contributed by atoms with van der Waals surface area (Å²) in [4.78, 5) is 21.2. The number of nitrogens with two attached hydrogens (primary N) is 1. The monoisotopic (exact) mass is 319 g/mol. The topological polar surface area (TPSA) is 80.4 Å². The minimum Gasteiger partial charge on any atom is -0.481 e. The third kappa shape index (κ3) is 9.72. The summed E-state index contributed by atoms with van der Waals surface area (Å²) < 4.78 is 0. The van der Waals surface area contributed by atoms with Gasteiger partial charge < -0.3 is 10.8 Å². The first-order chi connectivity index (χ1) is 11.0. The molecule has 1 amide bonds. The van der Waals surface area contributed by atoms with Crippen LogP contribution in [-0.4, -0.2) is 17.0 Å². The maximum absolute atomic E-state index is 10.8. The number of aliphatic carboxylic acids is 1. The molecule has 0 aliphatic rings. The predicted octanol–water partition coefficient (Wildman–Crippen LogP) is 3.71. The van der Waals surface area contributed by atoms with Gasteiger partial charge in [-0.1, -0.05) is 37.6 Å². The molecule has 1 aromatic carbocycles. The number of carbonyl (C=O) groups is 2. The summed E-state index contributed by atoms with van der Waals surface area (Å²) in [5.74, 6) is -0.391. The van der Waals surface area contributed by atoms with Gasteiger partial charge in [-0.15, -0.1) is 0 Å². The number of aryl methyl sites for hydroxylation is 2. The van der Waals surface area contributed by atoms with E-state index in [1.807, 2.05) is 0 Å². The number of carboxylic acid groups (broad SMARTS) is 1. The average Bonchev–Trinajstić information content (AvgIpc) is 2.51. The molecule has 4 nitrogen and oxygen atoms in total. The van der Waals surface area contributed by atoms with Gasteiger partial charge in [0.15, 0.2) is 0 Å².